The first-order valence-corrected chi connectivity index (χ1v) is 13.2. The lowest BCUT2D eigenvalue weighted by Crippen LogP contribution is -2.50. The molecule has 2 amide bonds. The molecule has 2 heterocycles. The molecule has 2 saturated heterocycles. The second-order valence-corrected chi connectivity index (χ2v) is 9.85. The van der Waals surface area contributed by atoms with Gasteiger partial charge in [-0.2, -0.15) is 0 Å². The van der Waals surface area contributed by atoms with Crippen LogP contribution in [-0.2, 0) is 4.79 Å². The van der Waals surface area contributed by atoms with Gasteiger partial charge in [-0.25, -0.2) is 0 Å². The molecule has 184 valence electrons. The highest BCUT2D eigenvalue weighted by Crippen LogP contribution is 2.17. The Hall–Kier alpha value is -2.44. The number of unbranched alkanes of at least 4 members (excludes halogenated alkanes) is 1. The Morgan fingerprint density at radius 3 is 2.62 bits per heavy atom. The van der Waals surface area contributed by atoms with Gasteiger partial charge < -0.3 is 20.4 Å². The highest BCUT2D eigenvalue weighted by Gasteiger charge is 2.31. The number of fused-ring (bicyclic) bond motifs is 1. The van der Waals surface area contributed by atoms with Crippen LogP contribution in [0.1, 0.15) is 62.2 Å². The van der Waals surface area contributed by atoms with Gasteiger partial charge in [0.05, 0.1) is 6.04 Å². The number of benzene rings is 2. The Morgan fingerprint density at radius 1 is 1.03 bits per heavy atom. The summed E-state index contributed by atoms with van der Waals surface area (Å²) in [6.07, 6.45) is 7.65. The predicted molar refractivity (Wildman–Crippen MR) is 138 cm³/mol. The lowest BCUT2D eigenvalue weighted by molar-refractivity contribution is -0.133. The van der Waals surface area contributed by atoms with Gasteiger partial charge in [0.2, 0.25) is 5.91 Å². The van der Waals surface area contributed by atoms with Gasteiger partial charge in [0, 0.05) is 37.8 Å². The molecular formula is C28H40N4O2. The highest BCUT2D eigenvalue weighted by atomic mass is 16.2. The molecule has 0 spiro atoms. The third kappa shape index (κ3) is 6.57. The molecule has 4 rings (SSSR count). The Labute approximate surface area is 204 Å². The van der Waals surface area contributed by atoms with Crippen LogP contribution in [0.25, 0.3) is 10.8 Å². The van der Waals surface area contributed by atoms with Crippen molar-refractivity contribution in [1.29, 1.82) is 0 Å². The van der Waals surface area contributed by atoms with Crippen molar-refractivity contribution in [1.82, 2.24) is 20.4 Å². The average Bonchev–Trinajstić information content (AvgIpc) is 3.03. The van der Waals surface area contributed by atoms with Crippen LogP contribution in [0.5, 0.6) is 0 Å². The van der Waals surface area contributed by atoms with E-state index in [0.29, 0.717) is 12.1 Å². The van der Waals surface area contributed by atoms with Gasteiger partial charge in [0.25, 0.3) is 5.91 Å². The molecule has 0 aliphatic carbocycles. The van der Waals surface area contributed by atoms with Crippen molar-refractivity contribution in [3.8, 4) is 0 Å². The first-order chi connectivity index (χ1) is 16.6. The summed E-state index contributed by atoms with van der Waals surface area (Å²) < 4.78 is 0. The van der Waals surface area contributed by atoms with Gasteiger partial charge in [-0.1, -0.05) is 50.1 Å². The third-order valence-corrected chi connectivity index (χ3v) is 7.28. The SMILES string of the molecule is CCCCN1CC[C@@H](CNC(=O)c2ccc3ccccc3c2)N[C@@H](CCN2CCCCC2)C1=O. The minimum Gasteiger partial charge on any atom is -0.350 e. The summed E-state index contributed by atoms with van der Waals surface area (Å²) in [5.41, 5.74) is 0.676. The molecule has 0 saturated carbocycles. The smallest absolute Gasteiger partial charge is 0.251 e. The predicted octanol–water partition coefficient (Wildman–Crippen LogP) is 3.80. The largest absolute Gasteiger partial charge is 0.350 e. The fraction of sp³-hybridized carbons (Fsp3) is 0.571. The quantitative estimate of drug-likeness (QED) is 0.592. The summed E-state index contributed by atoms with van der Waals surface area (Å²) in [7, 11) is 0. The Kier molecular flexibility index (Phi) is 8.94. The van der Waals surface area contributed by atoms with Gasteiger partial charge in [-0.05, 0) is 68.1 Å². The third-order valence-electron chi connectivity index (χ3n) is 7.28. The molecule has 0 unspecified atom stereocenters. The number of piperidine rings is 1. The fourth-order valence-corrected chi connectivity index (χ4v) is 5.16. The molecule has 0 bridgehead atoms. The van der Waals surface area contributed by atoms with Gasteiger partial charge in [0.1, 0.15) is 0 Å². The zero-order valence-corrected chi connectivity index (χ0v) is 20.6. The van der Waals surface area contributed by atoms with Crippen molar-refractivity contribution in [3.63, 3.8) is 0 Å². The van der Waals surface area contributed by atoms with Crippen LogP contribution >= 0.6 is 0 Å². The van der Waals surface area contributed by atoms with Crippen LogP contribution in [-0.4, -0.2) is 73.0 Å². The van der Waals surface area contributed by atoms with Crippen molar-refractivity contribution in [2.45, 2.75) is 64.0 Å². The van der Waals surface area contributed by atoms with E-state index in [0.717, 1.165) is 69.2 Å². The van der Waals surface area contributed by atoms with Gasteiger partial charge >= 0.3 is 0 Å². The number of hydrogen-bond acceptors (Lipinski definition) is 4. The highest BCUT2D eigenvalue weighted by molar-refractivity contribution is 5.98. The van der Waals surface area contributed by atoms with E-state index >= 15 is 0 Å². The van der Waals surface area contributed by atoms with Crippen molar-refractivity contribution in [3.05, 3.63) is 48.0 Å². The van der Waals surface area contributed by atoms with Crippen LogP contribution < -0.4 is 10.6 Å². The second-order valence-electron chi connectivity index (χ2n) is 9.85. The summed E-state index contributed by atoms with van der Waals surface area (Å²) >= 11 is 0. The molecule has 2 atom stereocenters. The maximum absolute atomic E-state index is 13.3. The van der Waals surface area contributed by atoms with E-state index in [1.54, 1.807) is 0 Å². The molecule has 2 aromatic rings. The number of carbonyl (C=O) groups is 2. The molecule has 2 aliphatic rings. The first-order valence-electron chi connectivity index (χ1n) is 13.2. The van der Waals surface area contributed by atoms with E-state index in [-0.39, 0.29) is 23.9 Å². The van der Waals surface area contributed by atoms with E-state index in [1.807, 2.05) is 41.3 Å². The lowest BCUT2D eigenvalue weighted by Gasteiger charge is -2.30. The number of likely N-dealkylation sites (tertiary alicyclic amines) is 1. The Balaban J connectivity index is 1.37. The summed E-state index contributed by atoms with van der Waals surface area (Å²) in [6, 6.07) is 13.8. The van der Waals surface area contributed by atoms with E-state index in [4.69, 9.17) is 0 Å². The number of nitrogens with zero attached hydrogens (tertiary/aromatic N) is 2. The molecule has 0 aromatic heterocycles. The second kappa shape index (κ2) is 12.3. The maximum Gasteiger partial charge on any atom is 0.251 e. The van der Waals surface area contributed by atoms with Crippen LogP contribution in [0.2, 0.25) is 0 Å². The van der Waals surface area contributed by atoms with Gasteiger partial charge in [-0.3, -0.25) is 9.59 Å². The summed E-state index contributed by atoms with van der Waals surface area (Å²) in [5, 5.41) is 8.93. The van der Waals surface area contributed by atoms with E-state index in [9.17, 15) is 9.59 Å². The van der Waals surface area contributed by atoms with Crippen LogP contribution in [0.4, 0.5) is 0 Å². The van der Waals surface area contributed by atoms with Crippen molar-refractivity contribution in [2.75, 3.05) is 39.3 Å². The molecule has 2 N–H and O–H groups in total. The van der Waals surface area contributed by atoms with Crippen LogP contribution in [0, 0.1) is 0 Å². The minimum atomic E-state index is -0.177. The Morgan fingerprint density at radius 2 is 1.82 bits per heavy atom. The number of amides is 2. The normalized spacial score (nSPS) is 22.0. The standard InChI is InChI=1S/C28H40N4O2/c1-2-3-17-32-19-13-25(30-26(28(32)34)14-18-31-15-7-4-8-16-31)21-29-27(33)24-12-11-22-9-5-6-10-23(22)20-24/h5-6,9-12,20,25-26,30H,2-4,7-8,13-19,21H2,1H3,(H,29,33)/t25-,26-/m0/s1. The van der Waals surface area contributed by atoms with Crippen LogP contribution in [0.3, 0.4) is 0 Å². The molecule has 0 radical (unpaired) electrons. The Bertz CT molecular complexity index is 956. The first kappa shape index (κ1) is 24.7. The van der Waals surface area contributed by atoms with Crippen LogP contribution in [0.15, 0.2) is 42.5 Å². The monoisotopic (exact) mass is 464 g/mol. The molecular weight excluding hydrogens is 424 g/mol. The average molecular weight is 465 g/mol. The van der Waals surface area contributed by atoms with Gasteiger partial charge in [0.15, 0.2) is 0 Å². The van der Waals surface area contributed by atoms with E-state index in [2.05, 4.69) is 28.5 Å². The number of rotatable bonds is 9. The molecule has 6 nitrogen and oxygen atoms in total. The maximum atomic E-state index is 13.3. The van der Waals surface area contributed by atoms with Crippen molar-refractivity contribution < 1.29 is 9.59 Å². The molecule has 2 aliphatic heterocycles. The van der Waals surface area contributed by atoms with Crippen molar-refractivity contribution >= 4 is 22.6 Å². The molecule has 6 heteroatoms. The topological polar surface area (TPSA) is 64.7 Å². The van der Waals surface area contributed by atoms with E-state index < -0.39 is 0 Å². The lowest BCUT2D eigenvalue weighted by atomic mass is 10.1. The molecule has 2 fully saturated rings. The van der Waals surface area contributed by atoms with Gasteiger partial charge in [-0.15, -0.1) is 0 Å². The van der Waals surface area contributed by atoms with E-state index in [1.165, 1.54) is 19.3 Å². The molecule has 2 aromatic carbocycles. The summed E-state index contributed by atoms with van der Waals surface area (Å²) in [5.74, 6) is 0.171. The number of nitrogens with one attached hydrogen (secondary N) is 2. The summed E-state index contributed by atoms with van der Waals surface area (Å²) in [4.78, 5) is 30.7. The zero-order valence-electron chi connectivity index (χ0n) is 20.6. The minimum absolute atomic E-state index is 0.0594. The molecule has 34 heavy (non-hydrogen) atoms. The number of carbonyl (C=O) groups excluding carboxylic acids is 2. The number of hydrogen-bond donors (Lipinski definition) is 2. The summed E-state index contributed by atoms with van der Waals surface area (Å²) in [6.45, 7) is 7.52. The van der Waals surface area contributed by atoms with Crippen molar-refractivity contribution in [2.24, 2.45) is 0 Å². The zero-order chi connectivity index (χ0) is 23.8. The fourth-order valence-electron chi connectivity index (χ4n) is 5.16.